The topological polar surface area (TPSA) is 0 Å². The summed E-state index contributed by atoms with van der Waals surface area (Å²) in [5.41, 5.74) is 6.37. The molecule has 0 saturated heterocycles. The van der Waals surface area contributed by atoms with E-state index >= 15 is 0 Å². The highest BCUT2D eigenvalue weighted by Crippen LogP contribution is 2.24. The van der Waals surface area contributed by atoms with Gasteiger partial charge in [-0.15, -0.1) is 6.58 Å². The number of allylic oxidation sites excluding steroid dienone is 1. The molecule has 0 atom stereocenters. The Bertz CT molecular complexity index is 1320. The smallest absolute Gasteiger partial charge is 0.134 e. The first-order chi connectivity index (χ1) is 16.7. The summed E-state index contributed by atoms with van der Waals surface area (Å²) in [4.78, 5) is 0. The zero-order valence-corrected chi connectivity index (χ0v) is 19.9. The number of unbranched alkanes of at least 4 members (excludes halogenated alkanes) is 2. The van der Waals surface area contributed by atoms with Crippen molar-refractivity contribution in [1.29, 1.82) is 0 Å². The van der Waals surface area contributed by atoms with Gasteiger partial charge in [0.15, 0.2) is 0 Å². The van der Waals surface area contributed by atoms with Crippen molar-refractivity contribution in [3.63, 3.8) is 0 Å². The normalized spacial score (nSPS) is 10.6. The third-order valence-electron chi connectivity index (χ3n) is 6.24. The Kier molecular flexibility index (Phi) is 7.95. The molecule has 0 spiro atoms. The van der Waals surface area contributed by atoms with Crippen LogP contribution in [-0.4, -0.2) is 0 Å². The molecule has 4 aromatic carbocycles. The number of fused-ring (bicyclic) bond motifs is 1. The fraction of sp³-hybridized carbons (Fsp3) is 0.212. The standard InChI is InChI=1S/C33H31F/c1-3-5-7-9-30-21-22-31-24-27(16-23-32(31)33(30)34)11-10-26-14-19-29(20-15-26)28-17-12-25(13-18-28)8-6-4-2/h4,12-24H,2-3,5-9H2,1H3. The predicted octanol–water partition coefficient (Wildman–Crippen LogP) is 8.90. The lowest BCUT2D eigenvalue weighted by Crippen LogP contribution is -1.93. The van der Waals surface area contributed by atoms with E-state index in [1.54, 1.807) is 0 Å². The summed E-state index contributed by atoms with van der Waals surface area (Å²) in [7, 11) is 0. The van der Waals surface area contributed by atoms with Gasteiger partial charge in [0.25, 0.3) is 0 Å². The first-order valence-corrected chi connectivity index (χ1v) is 12.2. The minimum atomic E-state index is -0.0857. The highest BCUT2D eigenvalue weighted by Gasteiger charge is 2.07. The van der Waals surface area contributed by atoms with E-state index in [1.807, 2.05) is 36.4 Å². The lowest BCUT2D eigenvalue weighted by atomic mass is 10.00. The minimum Gasteiger partial charge on any atom is -0.206 e. The average Bonchev–Trinajstić information content (AvgIpc) is 2.88. The molecule has 4 aromatic rings. The van der Waals surface area contributed by atoms with Gasteiger partial charge < -0.3 is 0 Å². The third-order valence-corrected chi connectivity index (χ3v) is 6.24. The number of aryl methyl sites for hydroxylation is 2. The van der Waals surface area contributed by atoms with Crippen LogP contribution < -0.4 is 0 Å². The summed E-state index contributed by atoms with van der Waals surface area (Å²) in [5.74, 6) is 6.39. The van der Waals surface area contributed by atoms with Crippen LogP contribution in [0.15, 0.2) is 91.5 Å². The Morgan fingerprint density at radius 2 is 1.44 bits per heavy atom. The molecule has 0 aliphatic heterocycles. The highest BCUT2D eigenvalue weighted by molar-refractivity contribution is 5.85. The Morgan fingerprint density at radius 1 is 0.765 bits per heavy atom. The summed E-state index contributed by atoms with van der Waals surface area (Å²) < 4.78 is 14.9. The molecule has 0 aromatic heterocycles. The molecule has 0 radical (unpaired) electrons. The van der Waals surface area contributed by atoms with Crippen molar-refractivity contribution < 1.29 is 4.39 Å². The van der Waals surface area contributed by atoms with Gasteiger partial charge in [-0.2, -0.15) is 0 Å². The number of rotatable bonds is 8. The largest absolute Gasteiger partial charge is 0.206 e. The summed E-state index contributed by atoms with van der Waals surface area (Å²) in [6.07, 6.45) is 8.09. The van der Waals surface area contributed by atoms with Gasteiger partial charge in [-0.25, -0.2) is 4.39 Å². The van der Waals surface area contributed by atoms with Crippen molar-refractivity contribution in [1.82, 2.24) is 0 Å². The fourth-order valence-electron chi connectivity index (χ4n) is 4.20. The van der Waals surface area contributed by atoms with Crippen molar-refractivity contribution >= 4 is 10.8 Å². The molecule has 0 aliphatic carbocycles. The maximum absolute atomic E-state index is 14.9. The van der Waals surface area contributed by atoms with Gasteiger partial charge in [0, 0.05) is 16.5 Å². The molecule has 34 heavy (non-hydrogen) atoms. The number of halogens is 1. The quantitative estimate of drug-likeness (QED) is 0.144. The number of hydrogen-bond acceptors (Lipinski definition) is 0. The zero-order chi connectivity index (χ0) is 23.8. The molecular weight excluding hydrogens is 415 g/mol. The second-order valence-electron chi connectivity index (χ2n) is 8.78. The lowest BCUT2D eigenvalue weighted by Gasteiger charge is -2.07. The molecule has 0 saturated carbocycles. The predicted molar refractivity (Wildman–Crippen MR) is 144 cm³/mol. The van der Waals surface area contributed by atoms with E-state index in [2.05, 4.69) is 73.9 Å². The van der Waals surface area contributed by atoms with Crippen LogP contribution in [0.25, 0.3) is 21.9 Å². The van der Waals surface area contributed by atoms with Crippen LogP contribution in [0.3, 0.4) is 0 Å². The van der Waals surface area contributed by atoms with Gasteiger partial charge >= 0.3 is 0 Å². The maximum atomic E-state index is 14.9. The molecule has 0 aliphatic rings. The van der Waals surface area contributed by atoms with Crippen LogP contribution in [0, 0.1) is 17.7 Å². The van der Waals surface area contributed by atoms with Crippen molar-refractivity contribution in [3.05, 3.63) is 120 Å². The summed E-state index contributed by atoms with van der Waals surface area (Å²) in [6.45, 7) is 5.95. The second kappa shape index (κ2) is 11.5. The summed E-state index contributed by atoms with van der Waals surface area (Å²) in [6, 6.07) is 26.7. The molecule has 0 N–H and O–H groups in total. The molecule has 0 nitrogen and oxygen atoms in total. The molecule has 0 unspecified atom stereocenters. The van der Waals surface area contributed by atoms with Gasteiger partial charge in [-0.05, 0) is 77.6 Å². The van der Waals surface area contributed by atoms with Crippen LogP contribution in [-0.2, 0) is 12.8 Å². The Hall–Kier alpha value is -3.63. The fourth-order valence-corrected chi connectivity index (χ4v) is 4.20. The van der Waals surface area contributed by atoms with Crippen LogP contribution in [0.2, 0.25) is 0 Å². The van der Waals surface area contributed by atoms with E-state index in [1.165, 1.54) is 16.7 Å². The molecule has 0 amide bonds. The van der Waals surface area contributed by atoms with E-state index in [9.17, 15) is 4.39 Å². The van der Waals surface area contributed by atoms with Gasteiger partial charge in [0.1, 0.15) is 5.82 Å². The Morgan fingerprint density at radius 3 is 2.15 bits per heavy atom. The van der Waals surface area contributed by atoms with Crippen LogP contribution in [0.4, 0.5) is 4.39 Å². The molecule has 0 fully saturated rings. The van der Waals surface area contributed by atoms with Crippen LogP contribution in [0.1, 0.15) is 54.9 Å². The zero-order valence-electron chi connectivity index (χ0n) is 19.9. The molecule has 0 heterocycles. The van der Waals surface area contributed by atoms with Gasteiger partial charge in [-0.1, -0.05) is 92.3 Å². The minimum absolute atomic E-state index is 0.0857. The number of benzene rings is 4. The highest BCUT2D eigenvalue weighted by atomic mass is 19.1. The molecule has 170 valence electrons. The first kappa shape index (κ1) is 23.5. The molecular formula is C33H31F. The van der Waals surface area contributed by atoms with Crippen molar-refractivity contribution in [3.8, 4) is 23.0 Å². The second-order valence-corrected chi connectivity index (χ2v) is 8.78. The van der Waals surface area contributed by atoms with Crippen LogP contribution in [0.5, 0.6) is 0 Å². The summed E-state index contributed by atoms with van der Waals surface area (Å²) >= 11 is 0. The van der Waals surface area contributed by atoms with Gasteiger partial charge in [0.05, 0.1) is 0 Å². The SMILES string of the molecule is C=CCCc1ccc(-c2ccc(C#Cc3ccc4c(F)c(CCCCC)ccc4c3)cc2)cc1. The molecule has 1 heteroatoms. The molecule has 0 bridgehead atoms. The average molecular weight is 447 g/mol. The van der Waals surface area contributed by atoms with E-state index in [0.29, 0.717) is 5.39 Å². The van der Waals surface area contributed by atoms with E-state index < -0.39 is 0 Å². The van der Waals surface area contributed by atoms with E-state index in [0.717, 1.165) is 60.6 Å². The van der Waals surface area contributed by atoms with Crippen molar-refractivity contribution in [2.45, 2.75) is 45.4 Å². The Labute approximate surface area is 203 Å². The first-order valence-electron chi connectivity index (χ1n) is 12.2. The monoisotopic (exact) mass is 446 g/mol. The lowest BCUT2D eigenvalue weighted by molar-refractivity contribution is 0.609. The van der Waals surface area contributed by atoms with Crippen molar-refractivity contribution in [2.24, 2.45) is 0 Å². The third kappa shape index (κ3) is 5.83. The van der Waals surface area contributed by atoms with Gasteiger partial charge in [-0.3, -0.25) is 0 Å². The van der Waals surface area contributed by atoms with Crippen LogP contribution >= 0.6 is 0 Å². The summed E-state index contributed by atoms with van der Waals surface area (Å²) in [5, 5.41) is 1.58. The van der Waals surface area contributed by atoms with Crippen molar-refractivity contribution in [2.75, 3.05) is 0 Å². The van der Waals surface area contributed by atoms with Gasteiger partial charge in [0.2, 0.25) is 0 Å². The van der Waals surface area contributed by atoms with E-state index in [4.69, 9.17) is 0 Å². The maximum Gasteiger partial charge on any atom is 0.134 e. The molecule has 4 rings (SSSR count). The Balaban J connectivity index is 1.47. The number of hydrogen-bond donors (Lipinski definition) is 0. The van der Waals surface area contributed by atoms with E-state index in [-0.39, 0.29) is 5.82 Å².